The number of carbonyl (C=O) groups excluding carboxylic acids is 2. The van der Waals surface area contributed by atoms with E-state index in [-0.39, 0.29) is 18.5 Å². The minimum Gasteiger partial charge on any atom is -0.365 e. The number of rotatable bonds is 3. The van der Waals surface area contributed by atoms with Crippen LogP contribution in [0, 0.1) is 6.92 Å². The van der Waals surface area contributed by atoms with Crippen LogP contribution in [-0.4, -0.2) is 71.4 Å². The van der Waals surface area contributed by atoms with Crippen molar-refractivity contribution in [2.75, 3.05) is 33.8 Å². The number of amides is 3. The Labute approximate surface area is 130 Å². The Balaban J connectivity index is 1.89. The molecule has 0 spiro atoms. The van der Waals surface area contributed by atoms with Crippen molar-refractivity contribution in [1.29, 1.82) is 0 Å². The summed E-state index contributed by atoms with van der Waals surface area (Å²) >= 11 is 0. The first-order valence-electron chi connectivity index (χ1n) is 7.23. The lowest BCUT2D eigenvalue weighted by molar-refractivity contribution is -0.145. The lowest BCUT2D eigenvalue weighted by Crippen LogP contribution is -2.53. The van der Waals surface area contributed by atoms with Crippen LogP contribution in [-0.2, 0) is 23.1 Å². The molecule has 1 saturated heterocycles. The number of nitrogens with one attached hydrogen (secondary N) is 1. The number of urea groups is 1. The largest absolute Gasteiger partial charge is 0.365 e. The lowest BCUT2D eigenvalue weighted by atomic mass is 10.2. The molecule has 0 bridgehead atoms. The fourth-order valence-electron chi connectivity index (χ4n) is 2.27. The van der Waals surface area contributed by atoms with Crippen molar-refractivity contribution in [2.24, 2.45) is 7.05 Å². The molecule has 2 rings (SSSR count). The van der Waals surface area contributed by atoms with Crippen LogP contribution in [0.3, 0.4) is 0 Å². The Kier molecular flexibility index (Phi) is 5.02. The second-order valence-corrected chi connectivity index (χ2v) is 5.58. The second-order valence-electron chi connectivity index (χ2n) is 5.58. The van der Waals surface area contributed by atoms with Crippen molar-refractivity contribution in [3.63, 3.8) is 0 Å². The molecule has 22 heavy (non-hydrogen) atoms. The molecular formula is C14H23N5O3. The molecule has 1 aliphatic heterocycles. The highest BCUT2D eigenvalue weighted by atomic mass is 16.5. The van der Waals surface area contributed by atoms with Crippen LogP contribution in [0.25, 0.3) is 0 Å². The molecule has 3 amide bonds. The molecule has 0 aliphatic carbocycles. The molecule has 1 aromatic heterocycles. The summed E-state index contributed by atoms with van der Waals surface area (Å²) in [6.45, 7) is 3.49. The molecule has 0 radical (unpaired) electrons. The zero-order chi connectivity index (χ0) is 16.3. The maximum Gasteiger partial charge on any atom is 0.317 e. The predicted octanol–water partition coefficient (Wildman–Crippen LogP) is -0.273. The quantitative estimate of drug-likeness (QED) is 0.833. The number of ether oxygens (including phenoxy) is 1. The van der Waals surface area contributed by atoms with E-state index in [1.165, 1.54) is 4.90 Å². The average molecular weight is 309 g/mol. The smallest absolute Gasteiger partial charge is 0.317 e. The maximum absolute atomic E-state index is 12.2. The molecule has 2 heterocycles. The van der Waals surface area contributed by atoms with Crippen LogP contribution in [0.1, 0.15) is 11.3 Å². The van der Waals surface area contributed by atoms with Gasteiger partial charge in [-0.25, -0.2) is 4.79 Å². The summed E-state index contributed by atoms with van der Waals surface area (Å²) in [5, 5.41) is 7.01. The minimum absolute atomic E-state index is 0.124. The van der Waals surface area contributed by atoms with E-state index in [0.717, 1.165) is 11.3 Å². The number of nitrogens with zero attached hydrogens (tertiary/aromatic N) is 4. The highest BCUT2D eigenvalue weighted by molar-refractivity contribution is 5.82. The Bertz CT molecular complexity index is 555. The number of aryl methyl sites for hydroxylation is 1. The van der Waals surface area contributed by atoms with Gasteiger partial charge in [-0.15, -0.1) is 0 Å². The van der Waals surface area contributed by atoms with Gasteiger partial charge in [0.2, 0.25) is 0 Å². The zero-order valence-corrected chi connectivity index (χ0v) is 13.5. The Morgan fingerprint density at radius 1 is 1.50 bits per heavy atom. The van der Waals surface area contributed by atoms with Crippen molar-refractivity contribution >= 4 is 11.9 Å². The minimum atomic E-state index is -0.588. The number of morpholine rings is 1. The van der Waals surface area contributed by atoms with Crippen molar-refractivity contribution in [1.82, 2.24) is 24.9 Å². The Morgan fingerprint density at radius 3 is 2.82 bits per heavy atom. The topological polar surface area (TPSA) is 79.7 Å². The number of hydrogen-bond donors (Lipinski definition) is 1. The molecule has 8 nitrogen and oxygen atoms in total. The molecule has 0 unspecified atom stereocenters. The van der Waals surface area contributed by atoms with E-state index in [0.29, 0.717) is 19.7 Å². The van der Waals surface area contributed by atoms with Crippen molar-refractivity contribution in [3.8, 4) is 0 Å². The third kappa shape index (κ3) is 3.56. The number of carbonyl (C=O) groups is 2. The monoisotopic (exact) mass is 309 g/mol. The summed E-state index contributed by atoms with van der Waals surface area (Å²) in [4.78, 5) is 27.2. The Hall–Kier alpha value is -2.09. The Morgan fingerprint density at radius 2 is 2.23 bits per heavy atom. The molecule has 1 N–H and O–H groups in total. The van der Waals surface area contributed by atoms with Gasteiger partial charge in [-0.1, -0.05) is 0 Å². The fourth-order valence-corrected chi connectivity index (χ4v) is 2.27. The van der Waals surface area contributed by atoms with Crippen LogP contribution >= 0.6 is 0 Å². The lowest BCUT2D eigenvalue weighted by Gasteiger charge is -2.33. The van der Waals surface area contributed by atoms with Crippen molar-refractivity contribution in [2.45, 2.75) is 19.6 Å². The van der Waals surface area contributed by atoms with Gasteiger partial charge in [-0.2, -0.15) is 5.10 Å². The summed E-state index contributed by atoms with van der Waals surface area (Å²) in [5.41, 5.74) is 1.99. The molecule has 0 saturated carbocycles. The zero-order valence-electron chi connectivity index (χ0n) is 13.5. The molecular weight excluding hydrogens is 286 g/mol. The highest BCUT2D eigenvalue weighted by Gasteiger charge is 2.30. The van der Waals surface area contributed by atoms with Gasteiger partial charge in [0.15, 0.2) is 6.10 Å². The van der Waals surface area contributed by atoms with Crippen molar-refractivity contribution in [3.05, 3.63) is 17.5 Å². The number of aromatic nitrogens is 2. The first-order chi connectivity index (χ1) is 10.4. The van der Waals surface area contributed by atoms with Crippen LogP contribution in [0.5, 0.6) is 0 Å². The van der Waals surface area contributed by atoms with Crippen LogP contribution in [0.2, 0.25) is 0 Å². The van der Waals surface area contributed by atoms with E-state index in [1.807, 2.05) is 14.0 Å². The average Bonchev–Trinajstić information content (AvgIpc) is 2.83. The van der Waals surface area contributed by atoms with Gasteiger partial charge >= 0.3 is 6.03 Å². The van der Waals surface area contributed by atoms with Gasteiger partial charge in [0.1, 0.15) is 0 Å². The van der Waals surface area contributed by atoms with Gasteiger partial charge in [-0.3, -0.25) is 9.48 Å². The van der Waals surface area contributed by atoms with Crippen LogP contribution in [0.4, 0.5) is 4.79 Å². The standard InChI is InChI=1S/C14H23N5O3/c1-10-11(8-16-18(10)4)7-15-14(21)19-5-6-22-12(9-19)13(20)17(2)3/h8,12H,5-7,9H2,1-4H3,(H,15,21)/t12-/m1/s1. The maximum atomic E-state index is 12.2. The van der Waals surface area contributed by atoms with Crippen molar-refractivity contribution < 1.29 is 14.3 Å². The van der Waals surface area contributed by atoms with E-state index in [4.69, 9.17) is 4.74 Å². The number of hydrogen-bond acceptors (Lipinski definition) is 4. The van der Waals surface area contributed by atoms with Gasteiger partial charge in [0.25, 0.3) is 5.91 Å². The summed E-state index contributed by atoms with van der Waals surface area (Å²) < 4.78 is 7.21. The first-order valence-corrected chi connectivity index (χ1v) is 7.23. The van der Waals surface area contributed by atoms with Gasteiger partial charge in [0.05, 0.1) is 19.3 Å². The predicted molar refractivity (Wildman–Crippen MR) is 80.2 cm³/mol. The summed E-state index contributed by atoms with van der Waals surface area (Å²) in [7, 11) is 5.21. The molecule has 1 aliphatic rings. The first kappa shape index (κ1) is 16.3. The van der Waals surface area contributed by atoms with E-state index in [1.54, 1.807) is 29.9 Å². The van der Waals surface area contributed by atoms with E-state index in [9.17, 15) is 9.59 Å². The van der Waals surface area contributed by atoms with Gasteiger partial charge < -0.3 is 19.9 Å². The molecule has 122 valence electrons. The number of likely N-dealkylation sites (N-methyl/N-ethyl adjacent to an activating group) is 1. The summed E-state index contributed by atoms with van der Waals surface area (Å²) in [5.74, 6) is -0.124. The molecule has 1 atom stereocenters. The molecule has 0 aromatic carbocycles. The molecule has 1 aromatic rings. The third-order valence-corrected chi connectivity index (χ3v) is 3.84. The molecule has 1 fully saturated rings. The molecule has 8 heteroatoms. The normalized spacial score (nSPS) is 18.2. The van der Waals surface area contributed by atoms with Gasteiger partial charge in [-0.05, 0) is 6.92 Å². The fraction of sp³-hybridized carbons (Fsp3) is 0.643. The van der Waals surface area contributed by atoms with Gasteiger partial charge in [0, 0.05) is 45.5 Å². The van der Waals surface area contributed by atoms with E-state index in [2.05, 4.69) is 10.4 Å². The summed E-state index contributed by atoms with van der Waals surface area (Å²) in [6.07, 6.45) is 1.16. The van der Waals surface area contributed by atoms with Crippen LogP contribution in [0.15, 0.2) is 6.20 Å². The highest BCUT2D eigenvalue weighted by Crippen LogP contribution is 2.09. The van der Waals surface area contributed by atoms with Crippen LogP contribution < -0.4 is 5.32 Å². The third-order valence-electron chi connectivity index (χ3n) is 3.84. The SMILES string of the molecule is Cc1c(CNC(=O)N2CCO[C@@H](C(=O)N(C)C)C2)cnn1C. The second kappa shape index (κ2) is 6.78. The summed E-state index contributed by atoms with van der Waals surface area (Å²) in [6, 6.07) is -0.192. The van der Waals surface area contributed by atoms with E-state index >= 15 is 0 Å². The van der Waals surface area contributed by atoms with E-state index < -0.39 is 6.10 Å².